The normalized spacial score (nSPS) is 19.8. The van der Waals surface area contributed by atoms with E-state index in [1.54, 1.807) is 0 Å². The third-order valence-corrected chi connectivity index (χ3v) is 6.76. The Morgan fingerprint density at radius 2 is 1.65 bits per heavy atom. The first-order valence-corrected chi connectivity index (χ1v) is 11.6. The molecule has 5 nitrogen and oxygen atoms in total. The van der Waals surface area contributed by atoms with Gasteiger partial charge >= 0.3 is 12.4 Å². The van der Waals surface area contributed by atoms with Crippen molar-refractivity contribution in [1.29, 1.82) is 0 Å². The van der Waals surface area contributed by atoms with E-state index in [1.165, 1.54) is 11.3 Å². The van der Waals surface area contributed by atoms with Crippen molar-refractivity contribution >= 4 is 22.4 Å². The summed E-state index contributed by atoms with van der Waals surface area (Å²) in [4.78, 5) is 16.8. The van der Waals surface area contributed by atoms with E-state index in [2.05, 4.69) is 15.6 Å². The van der Waals surface area contributed by atoms with Crippen LogP contribution in [0.5, 0.6) is 0 Å². The SMILES string of the molecule is Cc1ccc(-c2csc(NC(=O)C[C@H]3CC[C@@H](NCC(O)(C(F)(F)F)C(F)(F)F)CC3)n2)cc1. The lowest BCUT2D eigenvalue weighted by atomic mass is 9.83. The number of benzene rings is 1. The maximum atomic E-state index is 12.8. The molecule has 1 aliphatic rings. The zero-order valence-corrected chi connectivity index (χ0v) is 19.1. The van der Waals surface area contributed by atoms with Crippen LogP contribution in [0.25, 0.3) is 11.3 Å². The predicted octanol–water partition coefficient (Wildman–Crippen LogP) is 5.45. The van der Waals surface area contributed by atoms with E-state index in [-0.39, 0.29) is 18.2 Å². The third kappa shape index (κ3) is 6.28. The summed E-state index contributed by atoms with van der Waals surface area (Å²) in [6, 6.07) is 7.20. The van der Waals surface area contributed by atoms with Crippen LogP contribution in [-0.2, 0) is 4.79 Å². The molecule has 12 heteroatoms. The van der Waals surface area contributed by atoms with Crippen LogP contribution in [0.15, 0.2) is 29.6 Å². The van der Waals surface area contributed by atoms with Crippen LogP contribution in [0.1, 0.15) is 37.7 Å². The molecule has 0 aliphatic heterocycles. The lowest BCUT2D eigenvalue weighted by molar-refractivity contribution is -0.365. The van der Waals surface area contributed by atoms with Gasteiger partial charge < -0.3 is 15.7 Å². The number of carbonyl (C=O) groups is 1. The number of halogens is 6. The number of nitrogens with one attached hydrogen (secondary N) is 2. The Morgan fingerprint density at radius 1 is 1.06 bits per heavy atom. The average molecular weight is 510 g/mol. The van der Waals surface area contributed by atoms with Crippen LogP contribution in [0.4, 0.5) is 31.5 Å². The largest absolute Gasteiger partial charge is 0.427 e. The topological polar surface area (TPSA) is 74.2 Å². The molecular weight excluding hydrogens is 484 g/mol. The third-order valence-electron chi connectivity index (χ3n) is 6.00. The fraction of sp³-hybridized carbons (Fsp3) is 0.545. The highest BCUT2D eigenvalue weighted by Crippen LogP contribution is 2.43. The Hall–Kier alpha value is -2.18. The number of rotatable bonds is 7. The van der Waals surface area contributed by atoms with Crippen LogP contribution in [-0.4, -0.2) is 46.5 Å². The van der Waals surface area contributed by atoms with Gasteiger partial charge in [-0.05, 0) is 38.5 Å². The first kappa shape index (κ1) is 26.4. The molecule has 0 radical (unpaired) electrons. The number of aryl methyl sites for hydroxylation is 1. The molecule has 3 rings (SSSR count). The van der Waals surface area contributed by atoms with Crippen molar-refractivity contribution in [3.63, 3.8) is 0 Å². The number of aromatic nitrogens is 1. The first-order valence-electron chi connectivity index (χ1n) is 10.7. The average Bonchev–Trinajstić information content (AvgIpc) is 3.20. The van der Waals surface area contributed by atoms with Gasteiger partial charge in [-0.3, -0.25) is 4.79 Å². The number of thiazole rings is 1. The standard InChI is InChI=1S/C22H25F6N3O2S/c1-13-2-6-15(7-3-13)17-11-34-19(30-17)31-18(32)10-14-4-8-16(9-5-14)29-12-20(33,21(23,24)25)22(26,27)28/h2-3,6-7,11,14,16,29,33H,4-5,8-10,12H2,1H3,(H,30,31,32)/t14-,16+. The molecule has 0 bridgehead atoms. The minimum absolute atomic E-state index is 0.0429. The molecule has 1 fully saturated rings. The van der Waals surface area contributed by atoms with Crippen LogP contribution in [0.2, 0.25) is 0 Å². The molecule has 1 aliphatic carbocycles. The fourth-order valence-corrected chi connectivity index (χ4v) is 4.58. The molecule has 3 N–H and O–H groups in total. The van der Waals surface area contributed by atoms with E-state index in [4.69, 9.17) is 0 Å². The summed E-state index contributed by atoms with van der Waals surface area (Å²) in [6.45, 7) is 0.314. The number of aliphatic hydroxyl groups is 1. The van der Waals surface area contributed by atoms with Crippen molar-refractivity contribution in [2.24, 2.45) is 5.92 Å². The van der Waals surface area contributed by atoms with Gasteiger partial charge in [0.2, 0.25) is 5.91 Å². The Bertz CT molecular complexity index is 952. The summed E-state index contributed by atoms with van der Waals surface area (Å²) >= 11 is 1.29. The maximum absolute atomic E-state index is 12.8. The zero-order chi connectivity index (χ0) is 25.1. The second-order valence-corrected chi connectivity index (χ2v) is 9.47. The van der Waals surface area contributed by atoms with Crippen molar-refractivity contribution in [1.82, 2.24) is 10.3 Å². The van der Waals surface area contributed by atoms with Crippen molar-refractivity contribution in [2.75, 3.05) is 11.9 Å². The molecule has 0 atom stereocenters. The number of carbonyl (C=O) groups excluding carboxylic acids is 1. The molecule has 2 aromatic rings. The van der Waals surface area contributed by atoms with Gasteiger partial charge in [-0.1, -0.05) is 29.8 Å². The van der Waals surface area contributed by atoms with Crippen molar-refractivity contribution in [3.05, 3.63) is 35.2 Å². The number of anilines is 1. The van der Waals surface area contributed by atoms with Crippen molar-refractivity contribution in [3.8, 4) is 11.3 Å². The van der Waals surface area contributed by atoms with E-state index in [0.717, 1.165) is 16.8 Å². The molecule has 1 saturated carbocycles. The monoisotopic (exact) mass is 509 g/mol. The van der Waals surface area contributed by atoms with E-state index >= 15 is 0 Å². The van der Waals surface area contributed by atoms with E-state index in [0.29, 0.717) is 30.8 Å². The quantitative estimate of drug-likeness (QED) is 0.434. The molecule has 0 unspecified atom stereocenters. The predicted molar refractivity (Wildman–Crippen MR) is 116 cm³/mol. The van der Waals surface area contributed by atoms with Gasteiger partial charge in [0.1, 0.15) is 0 Å². The first-order chi connectivity index (χ1) is 15.8. The minimum Gasteiger partial charge on any atom is -0.373 e. The van der Waals surface area contributed by atoms with Gasteiger partial charge in [-0.2, -0.15) is 26.3 Å². The lowest BCUT2D eigenvalue weighted by Gasteiger charge is -2.35. The summed E-state index contributed by atoms with van der Waals surface area (Å²) in [5.41, 5.74) is -2.02. The highest BCUT2D eigenvalue weighted by Gasteiger charge is 2.70. The van der Waals surface area contributed by atoms with Gasteiger partial charge in [0.05, 0.1) is 5.69 Å². The van der Waals surface area contributed by atoms with Gasteiger partial charge in [0, 0.05) is 30.0 Å². The molecule has 188 valence electrons. The highest BCUT2D eigenvalue weighted by atomic mass is 32.1. The Kier molecular flexibility index (Phi) is 7.93. The molecule has 0 spiro atoms. The van der Waals surface area contributed by atoms with Crippen LogP contribution in [0, 0.1) is 12.8 Å². The Labute approximate surface area is 196 Å². The molecule has 1 heterocycles. The van der Waals surface area contributed by atoms with Crippen LogP contribution in [0.3, 0.4) is 0 Å². The minimum atomic E-state index is -5.84. The lowest BCUT2D eigenvalue weighted by Crippen LogP contribution is -2.63. The van der Waals surface area contributed by atoms with E-state index in [1.807, 2.05) is 36.6 Å². The van der Waals surface area contributed by atoms with Gasteiger partial charge in [0.15, 0.2) is 5.13 Å². The van der Waals surface area contributed by atoms with Gasteiger partial charge in [0.25, 0.3) is 5.60 Å². The Balaban J connectivity index is 1.45. The van der Waals surface area contributed by atoms with Gasteiger partial charge in [-0.15, -0.1) is 11.3 Å². The van der Waals surface area contributed by atoms with Crippen molar-refractivity contribution in [2.45, 2.75) is 63.0 Å². The van der Waals surface area contributed by atoms with E-state index < -0.39 is 30.5 Å². The van der Waals surface area contributed by atoms with Crippen LogP contribution < -0.4 is 10.6 Å². The molecule has 0 saturated heterocycles. The summed E-state index contributed by atoms with van der Waals surface area (Å²) in [6.07, 6.45) is -9.97. The number of hydrogen-bond donors (Lipinski definition) is 3. The zero-order valence-electron chi connectivity index (χ0n) is 18.3. The summed E-state index contributed by atoms with van der Waals surface area (Å²) < 4.78 is 76.8. The molecule has 34 heavy (non-hydrogen) atoms. The molecule has 1 aromatic heterocycles. The molecule has 1 aromatic carbocycles. The summed E-state index contributed by atoms with van der Waals surface area (Å²) in [5, 5.41) is 16.5. The number of alkyl halides is 6. The molecule has 1 amide bonds. The van der Waals surface area contributed by atoms with Crippen molar-refractivity contribution < 1.29 is 36.2 Å². The second-order valence-electron chi connectivity index (χ2n) is 8.61. The second kappa shape index (κ2) is 10.2. The number of nitrogens with zero attached hydrogens (tertiary/aromatic N) is 1. The van der Waals surface area contributed by atoms with E-state index in [9.17, 15) is 36.2 Å². The smallest absolute Gasteiger partial charge is 0.373 e. The van der Waals surface area contributed by atoms with Gasteiger partial charge in [-0.25, -0.2) is 4.98 Å². The number of hydrogen-bond acceptors (Lipinski definition) is 5. The fourth-order valence-electron chi connectivity index (χ4n) is 3.84. The maximum Gasteiger partial charge on any atom is 0.427 e. The summed E-state index contributed by atoms with van der Waals surface area (Å²) in [5.74, 6) is -0.288. The Morgan fingerprint density at radius 3 is 2.21 bits per heavy atom. The summed E-state index contributed by atoms with van der Waals surface area (Å²) in [7, 11) is 0. The number of amides is 1. The van der Waals surface area contributed by atoms with Crippen LogP contribution >= 0.6 is 11.3 Å². The molecular formula is C22H25F6N3O2S. The highest BCUT2D eigenvalue weighted by molar-refractivity contribution is 7.14.